The Morgan fingerprint density at radius 3 is 2.43 bits per heavy atom. The van der Waals surface area contributed by atoms with Gasteiger partial charge in [-0.2, -0.15) is 8.42 Å². The highest BCUT2D eigenvalue weighted by atomic mass is 32.2. The summed E-state index contributed by atoms with van der Waals surface area (Å²) in [6.07, 6.45) is 1.35. The van der Waals surface area contributed by atoms with Gasteiger partial charge in [-0.15, -0.1) is 4.40 Å². The highest BCUT2D eigenvalue weighted by molar-refractivity contribution is 7.90. The van der Waals surface area contributed by atoms with Gasteiger partial charge >= 0.3 is 0 Å². The molecule has 28 heavy (non-hydrogen) atoms. The van der Waals surface area contributed by atoms with E-state index in [4.69, 9.17) is 0 Å². The largest absolute Gasteiger partial charge is 0.355 e. The van der Waals surface area contributed by atoms with Gasteiger partial charge in [0.25, 0.3) is 10.0 Å². The molecule has 1 fully saturated rings. The molecular weight excluding hydrogens is 374 g/mol. The van der Waals surface area contributed by atoms with Crippen molar-refractivity contribution >= 4 is 21.8 Å². The van der Waals surface area contributed by atoms with Crippen LogP contribution in [0.4, 0.5) is 0 Å². The van der Waals surface area contributed by atoms with Gasteiger partial charge in [-0.25, -0.2) is 0 Å². The lowest BCUT2D eigenvalue weighted by Crippen LogP contribution is -2.43. The van der Waals surface area contributed by atoms with Crippen molar-refractivity contribution in [2.75, 3.05) is 13.1 Å². The number of benzene rings is 2. The smallest absolute Gasteiger partial charge is 0.285 e. The van der Waals surface area contributed by atoms with E-state index in [2.05, 4.69) is 9.71 Å². The third-order valence-corrected chi connectivity index (χ3v) is 6.76. The van der Waals surface area contributed by atoms with E-state index in [9.17, 15) is 13.2 Å². The van der Waals surface area contributed by atoms with Crippen LogP contribution in [0.2, 0.25) is 0 Å². The zero-order valence-electron chi connectivity index (χ0n) is 15.7. The second-order valence-electron chi connectivity index (χ2n) is 7.29. The molecule has 146 valence electrons. The first-order chi connectivity index (χ1) is 13.5. The van der Waals surface area contributed by atoms with Gasteiger partial charge in [-0.1, -0.05) is 42.5 Å². The molecule has 6 nitrogen and oxygen atoms in total. The Balaban J connectivity index is 1.40. The molecule has 2 aliphatic heterocycles. The Bertz CT molecular complexity index is 1010. The molecule has 1 atom stereocenters. The van der Waals surface area contributed by atoms with Gasteiger partial charge in [-0.05, 0) is 37.5 Å². The van der Waals surface area contributed by atoms with Crippen LogP contribution in [-0.4, -0.2) is 38.2 Å². The van der Waals surface area contributed by atoms with Crippen LogP contribution in [0.15, 0.2) is 63.9 Å². The average Bonchev–Trinajstić information content (AvgIpc) is 3.00. The van der Waals surface area contributed by atoms with Gasteiger partial charge in [0.15, 0.2) is 5.84 Å². The van der Waals surface area contributed by atoms with E-state index < -0.39 is 10.0 Å². The Morgan fingerprint density at radius 1 is 1.07 bits per heavy atom. The zero-order valence-corrected chi connectivity index (χ0v) is 16.5. The van der Waals surface area contributed by atoms with E-state index in [0.29, 0.717) is 37.3 Å². The molecule has 0 aromatic heterocycles. The highest BCUT2D eigenvalue weighted by Gasteiger charge is 2.34. The number of likely N-dealkylation sites (tertiary alicyclic amines) is 1. The molecule has 0 spiro atoms. The first kappa shape index (κ1) is 18.7. The maximum atomic E-state index is 12.7. The normalized spacial score (nSPS) is 19.6. The second-order valence-corrected chi connectivity index (χ2v) is 8.86. The summed E-state index contributed by atoms with van der Waals surface area (Å²) < 4.78 is 28.5. The molecule has 1 N–H and O–H groups in total. The van der Waals surface area contributed by atoms with Gasteiger partial charge in [0, 0.05) is 24.6 Å². The summed E-state index contributed by atoms with van der Waals surface area (Å²) in [5, 5.41) is 3.10. The van der Waals surface area contributed by atoms with E-state index in [0.717, 1.165) is 5.56 Å². The van der Waals surface area contributed by atoms with Crippen LogP contribution in [-0.2, 0) is 14.8 Å². The van der Waals surface area contributed by atoms with Crippen LogP contribution in [0.5, 0.6) is 0 Å². The second kappa shape index (κ2) is 7.39. The summed E-state index contributed by atoms with van der Waals surface area (Å²) in [7, 11) is -3.61. The summed E-state index contributed by atoms with van der Waals surface area (Å²) in [5.74, 6) is 0.487. The monoisotopic (exact) mass is 397 g/mol. The predicted molar refractivity (Wildman–Crippen MR) is 107 cm³/mol. The lowest BCUT2D eigenvalue weighted by Gasteiger charge is -2.33. The van der Waals surface area contributed by atoms with Crippen LogP contribution in [0.25, 0.3) is 0 Å². The molecule has 4 rings (SSSR count). The average molecular weight is 398 g/mol. The van der Waals surface area contributed by atoms with E-state index in [-0.39, 0.29) is 22.8 Å². The summed E-state index contributed by atoms with van der Waals surface area (Å²) in [6, 6.07) is 16.8. The standard InChI is InChI=1S/C21H23N3O3S/c1-15(16-7-3-2-4-8-16)22-21(25)17-11-13-24(14-12-17)20-18-9-5-6-10-19(18)28(26,27)23-20/h2-10,15,17H,11-14H2,1H3,(H,22,25)/t15-/m1/s1. The van der Waals surface area contributed by atoms with Crippen molar-refractivity contribution in [3.05, 3.63) is 65.7 Å². The van der Waals surface area contributed by atoms with Gasteiger partial charge in [-0.3, -0.25) is 4.79 Å². The fraction of sp³-hybridized carbons (Fsp3) is 0.333. The summed E-state index contributed by atoms with van der Waals surface area (Å²) in [5.41, 5.74) is 1.73. The SMILES string of the molecule is C[C@@H](NC(=O)C1CCN(C2=NS(=O)(=O)c3ccccc32)CC1)c1ccccc1. The molecule has 2 aliphatic rings. The van der Waals surface area contributed by atoms with Gasteiger partial charge in [0.1, 0.15) is 4.90 Å². The molecule has 0 unspecified atom stereocenters. The minimum Gasteiger partial charge on any atom is -0.355 e. The molecule has 1 amide bonds. The Labute approximate surface area is 165 Å². The maximum absolute atomic E-state index is 12.7. The van der Waals surface area contributed by atoms with Crippen LogP contribution in [0.3, 0.4) is 0 Å². The Morgan fingerprint density at radius 2 is 1.71 bits per heavy atom. The van der Waals surface area contributed by atoms with Crippen molar-refractivity contribution in [2.24, 2.45) is 10.3 Å². The predicted octanol–water partition coefficient (Wildman–Crippen LogP) is 2.72. The molecule has 2 aromatic rings. The number of hydrogen-bond donors (Lipinski definition) is 1. The number of hydrogen-bond acceptors (Lipinski definition) is 4. The third kappa shape index (κ3) is 3.54. The van der Waals surface area contributed by atoms with Crippen molar-refractivity contribution in [1.29, 1.82) is 0 Å². The number of piperidine rings is 1. The summed E-state index contributed by atoms with van der Waals surface area (Å²) in [4.78, 5) is 14.9. The number of amidine groups is 1. The quantitative estimate of drug-likeness (QED) is 0.864. The fourth-order valence-electron chi connectivity index (χ4n) is 3.83. The Hall–Kier alpha value is -2.67. The van der Waals surface area contributed by atoms with Crippen LogP contribution in [0, 0.1) is 5.92 Å². The number of nitrogens with one attached hydrogen (secondary N) is 1. The van der Waals surface area contributed by atoms with Crippen LogP contribution in [0.1, 0.15) is 36.9 Å². The Kier molecular flexibility index (Phi) is 4.93. The lowest BCUT2D eigenvalue weighted by atomic mass is 9.94. The molecular formula is C21H23N3O3S. The number of carbonyl (C=O) groups excluding carboxylic acids is 1. The van der Waals surface area contributed by atoms with E-state index >= 15 is 0 Å². The fourth-order valence-corrected chi connectivity index (χ4v) is 5.05. The topological polar surface area (TPSA) is 78.8 Å². The first-order valence-electron chi connectivity index (χ1n) is 9.50. The lowest BCUT2D eigenvalue weighted by molar-refractivity contribution is -0.126. The number of rotatable bonds is 3. The zero-order chi connectivity index (χ0) is 19.7. The number of nitrogens with zero attached hydrogens (tertiary/aromatic N) is 2. The van der Waals surface area contributed by atoms with Gasteiger partial charge in [0.2, 0.25) is 5.91 Å². The molecule has 2 aromatic carbocycles. The maximum Gasteiger partial charge on any atom is 0.285 e. The van der Waals surface area contributed by atoms with Crippen molar-refractivity contribution in [3.8, 4) is 0 Å². The number of fused-ring (bicyclic) bond motifs is 1. The van der Waals surface area contributed by atoms with Crippen LogP contribution < -0.4 is 5.32 Å². The minimum absolute atomic E-state index is 0.0389. The number of amides is 1. The summed E-state index contributed by atoms with van der Waals surface area (Å²) in [6.45, 7) is 3.21. The van der Waals surface area contributed by atoms with Crippen molar-refractivity contribution in [2.45, 2.75) is 30.7 Å². The van der Waals surface area contributed by atoms with Crippen molar-refractivity contribution in [3.63, 3.8) is 0 Å². The van der Waals surface area contributed by atoms with E-state index in [1.165, 1.54) is 0 Å². The van der Waals surface area contributed by atoms with E-state index in [1.807, 2.05) is 48.2 Å². The van der Waals surface area contributed by atoms with Gasteiger partial charge in [0.05, 0.1) is 6.04 Å². The molecule has 0 radical (unpaired) electrons. The minimum atomic E-state index is -3.61. The molecule has 7 heteroatoms. The molecule has 0 bridgehead atoms. The van der Waals surface area contributed by atoms with Gasteiger partial charge < -0.3 is 10.2 Å². The van der Waals surface area contributed by atoms with E-state index in [1.54, 1.807) is 18.2 Å². The summed E-state index contributed by atoms with van der Waals surface area (Å²) >= 11 is 0. The van der Waals surface area contributed by atoms with Crippen molar-refractivity contribution < 1.29 is 13.2 Å². The van der Waals surface area contributed by atoms with Crippen LogP contribution >= 0.6 is 0 Å². The van der Waals surface area contributed by atoms with Crippen molar-refractivity contribution in [1.82, 2.24) is 10.2 Å². The molecule has 0 saturated carbocycles. The first-order valence-corrected chi connectivity index (χ1v) is 10.9. The molecule has 0 aliphatic carbocycles. The number of carbonyl (C=O) groups is 1. The number of sulfonamides is 1. The molecule has 2 heterocycles. The highest BCUT2D eigenvalue weighted by Crippen LogP contribution is 2.29. The third-order valence-electron chi connectivity index (χ3n) is 5.44. The molecule has 1 saturated heterocycles.